The standard InChI is InChI=1S/C17H22N6OS/c1-3-22-14-5-4-8-18-15(14)23(17(22)24)11-13-6-9-21(10-7-13)16-19-12(2)20-25-16/h4-5,8,13H,3,6-7,9-11H2,1-2H3. The summed E-state index contributed by atoms with van der Waals surface area (Å²) in [6.07, 6.45) is 3.87. The van der Waals surface area contributed by atoms with Gasteiger partial charge in [0.2, 0.25) is 5.13 Å². The average Bonchev–Trinajstić information content (AvgIpc) is 3.18. The van der Waals surface area contributed by atoms with E-state index in [2.05, 4.69) is 19.2 Å². The summed E-state index contributed by atoms with van der Waals surface area (Å²) in [5, 5.41) is 1.01. The maximum atomic E-state index is 12.7. The molecule has 1 aliphatic heterocycles. The van der Waals surface area contributed by atoms with Gasteiger partial charge in [0.15, 0.2) is 5.65 Å². The summed E-state index contributed by atoms with van der Waals surface area (Å²) in [5.41, 5.74) is 1.78. The summed E-state index contributed by atoms with van der Waals surface area (Å²) in [6, 6.07) is 3.87. The van der Waals surface area contributed by atoms with Crippen molar-refractivity contribution in [1.82, 2.24) is 23.5 Å². The number of anilines is 1. The lowest BCUT2D eigenvalue weighted by Crippen LogP contribution is -2.36. The molecule has 1 aliphatic rings. The molecule has 3 aromatic heterocycles. The van der Waals surface area contributed by atoms with Gasteiger partial charge in [0.05, 0.1) is 5.52 Å². The molecule has 0 amide bonds. The number of rotatable bonds is 4. The summed E-state index contributed by atoms with van der Waals surface area (Å²) in [5.74, 6) is 1.33. The maximum absolute atomic E-state index is 12.7. The van der Waals surface area contributed by atoms with Crippen LogP contribution in [0.15, 0.2) is 23.1 Å². The molecule has 0 aromatic carbocycles. The summed E-state index contributed by atoms with van der Waals surface area (Å²) >= 11 is 1.47. The second-order valence-electron chi connectivity index (χ2n) is 6.54. The van der Waals surface area contributed by atoms with Gasteiger partial charge in [-0.05, 0) is 44.7 Å². The lowest BCUT2D eigenvalue weighted by Gasteiger charge is -2.31. The monoisotopic (exact) mass is 358 g/mol. The van der Waals surface area contributed by atoms with Crippen LogP contribution < -0.4 is 10.6 Å². The molecule has 132 valence electrons. The van der Waals surface area contributed by atoms with Crippen molar-refractivity contribution in [3.05, 3.63) is 34.6 Å². The van der Waals surface area contributed by atoms with Crippen LogP contribution in [0.2, 0.25) is 0 Å². The highest BCUT2D eigenvalue weighted by Gasteiger charge is 2.24. The van der Waals surface area contributed by atoms with Crippen molar-refractivity contribution in [2.45, 2.75) is 39.8 Å². The molecule has 4 rings (SSSR count). The number of piperidine rings is 1. The van der Waals surface area contributed by atoms with Gasteiger partial charge in [0.1, 0.15) is 5.82 Å². The molecule has 0 N–H and O–H groups in total. The van der Waals surface area contributed by atoms with Gasteiger partial charge in [-0.2, -0.15) is 4.37 Å². The minimum absolute atomic E-state index is 0.0541. The maximum Gasteiger partial charge on any atom is 0.330 e. The van der Waals surface area contributed by atoms with Crippen LogP contribution in [-0.2, 0) is 13.1 Å². The molecule has 0 atom stereocenters. The number of aromatic nitrogens is 5. The van der Waals surface area contributed by atoms with E-state index in [1.165, 1.54) is 11.5 Å². The Morgan fingerprint density at radius 3 is 2.76 bits per heavy atom. The Labute approximate surface area is 150 Å². The molecule has 1 saturated heterocycles. The van der Waals surface area contributed by atoms with Crippen LogP contribution in [0.5, 0.6) is 0 Å². The normalized spacial score (nSPS) is 16.0. The summed E-state index contributed by atoms with van der Waals surface area (Å²) < 4.78 is 7.93. The molecule has 0 spiro atoms. The Hall–Kier alpha value is -2.22. The number of fused-ring (bicyclic) bond motifs is 1. The fourth-order valence-electron chi connectivity index (χ4n) is 3.60. The Bertz CT molecular complexity index is 934. The van der Waals surface area contributed by atoms with Gasteiger partial charge in [-0.1, -0.05) is 0 Å². The molecule has 25 heavy (non-hydrogen) atoms. The summed E-state index contributed by atoms with van der Waals surface area (Å²) in [6.45, 7) is 7.27. The predicted octanol–water partition coefficient (Wildman–Crippen LogP) is 2.29. The van der Waals surface area contributed by atoms with E-state index in [0.29, 0.717) is 12.5 Å². The van der Waals surface area contributed by atoms with Gasteiger partial charge in [0.25, 0.3) is 0 Å². The third kappa shape index (κ3) is 2.95. The molecule has 0 saturated carbocycles. The molecule has 0 unspecified atom stereocenters. The third-order valence-electron chi connectivity index (χ3n) is 4.93. The van der Waals surface area contributed by atoms with Crippen molar-refractivity contribution in [3.8, 4) is 0 Å². The van der Waals surface area contributed by atoms with E-state index < -0.39 is 0 Å². The molecule has 4 heterocycles. The molecule has 0 aliphatic carbocycles. The molecular formula is C17H22N6OS. The van der Waals surface area contributed by atoms with Crippen molar-refractivity contribution in [2.24, 2.45) is 5.92 Å². The van der Waals surface area contributed by atoms with E-state index in [1.54, 1.807) is 6.20 Å². The van der Waals surface area contributed by atoms with Crippen LogP contribution in [0.25, 0.3) is 11.2 Å². The van der Waals surface area contributed by atoms with Gasteiger partial charge >= 0.3 is 5.69 Å². The van der Waals surface area contributed by atoms with E-state index in [4.69, 9.17) is 0 Å². The highest BCUT2D eigenvalue weighted by molar-refractivity contribution is 7.09. The van der Waals surface area contributed by atoms with Gasteiger partial charge in [0, 0.05) is 43.9 Å². The first-order valence-electron chi connectivity index (χ1n) is 8.76. The Morgan fingerprint density at radius 1 is 1.28 bits per heavy atom. The van der Waals surface area contributed by atoms with Crippen LogP contribution in [0.1, 0.15) is 25.6 Å². The lowest BCUT2D eigenvalue weighted by atomic mass is 9.97. The number of hydrogen-bond donors (Lipinski definition) is 0. The van der Waals surface area contributed by atoms with E-state index in [-0.39, 0.29) is 5.69 Å². The zero-order valence-corrected chi connectivity index (χ0v) is 15.4. The first kappa shape index (κ1) is 16.3. The number of imidazole rings is 1. The Balaban J connectivity index is 1.51. The first-order valence-corrected chi connectivity index (χ1v) is 9.54. The molecule has 3 aromatic rings. The highest BCUT2D eigenvalue weighted by Crippen LogP contribution is 2.26. The van der Waals surface area contributed by atoms with Crippen LogP contribution in [-0.4, -0.2) is 36.6 Å². The van der Waals surface area contributed by atoms with Crippen LogP contribution in [0, 0.1) is 12.8 Å². The van der Waals surface area contributed by atoms with Gasteiger partial charge < -0.3 is 4.90 Å². The SMILES string of the molecule is CCn1c(=O)n(CC2CCN(c3nc(C)ns3)CC2)c2ncccc21. The zero-order chi connectivity index (χ0) is 17.4. The summed E-state index contributed by atoms with van der Waals surface area (Å²) in [4.78, 5) is 24.0. The topological polar surface area (TPSA) is 68.8 Å². The third-order valence-corrected chi connectivity index (χ3v) is 5.80. The van der Waals surface area contributed by atoms with E-state index in [9.17, 15) is 4.79 Å². The largest absolute Gasteiger partial charge is 0.347 e. The number of hydrogen-bond acceptors (Lipinski definition) is 6. The molecule has 0 radical (unpaired) electrons. The molecule has 1 fully saturated rings. The molecule has 0 bridgehead atoms. The molecule has 8 heteroatoms. The van der Waals surface area contributed by atoms with Crippen molar-refractivity contribution >= 4 is 27.8 Å². The number of nitrogens with zero attached hydrogens (tertiary/aromatic N) is 6. The van der Waals surface area contributed by atoms with Crippen molar-refractivity contribution in [1.29, 1.82) is 0 Å². The van der Waals surface area contributed by atoms with Crippen LogP contribution >= 0.6 is 11.5 Å². The van der Waals surface area contributed by atoms with Crippen LogP contribution in [0.3, 0.4) is 0 Å². The fourth-order valence-corrected chi connectivity index (χ4v) is 4.32. The molecular weight excluding hydrogens is 336 g/mol. The van der Waals surface area contributed by atoms with Crippen molar-refractivity contribution in [3.63, 3.8) is 0 Å². The van der Waals surface area contributed by atoms with E-state index in [1.807, 2.05) is 35.1 Å². The summed E-state index contributed by atoms with van der Waals surface area (Å²) in [7, 11) is 0. The van der Waals surface area contributed by atoms with Gasteiger partial charge in [-0.25, -0.2) is 14.8 Å². The smallest absolute Gasteiger partial charge is 0.330 e. The van der Waals surface area contributed by atoms with Crippen molar-refractivity contribution < 1.29 is 0 Å². The Morgan fingerprint density at radius 2 is 2.08 bits per heavy atom. The highest BCUT2D eigenvalue weighted by atomic mass is 32.1. The van der Waals surface area contributed by atoms with Crippen molar-refractivity contribution in [2.75, 3.05) is 18.0 Å². The minimum Gasteiger partial charge on any atom is -0.347 e. The first-order chi connectivity index (χ1) is 12.2. The second-order valence-corrected chi connectivity index (χ2v) is 7.27. The second kappa shape index (κ2) is 6.59. The van der Waals surface area contributed by atoms with Gasteiger partial charge in [-0.3, -0.25) is 9.13 Å². The lowest BCUT2D eigenvalue weighted by molar-refractivity contribution is 0.354. The molecule has 7 nitrogen and oxygen atoms in total. The zero-order valence-electron chi connectivity index (χ0n) is 14.6. The Kier molecular flexibility index (Phi) is 4.29. The minimum atomic E-state index is 0.0541. The predicted molar refractivity (Wildman–Crippen MR) is 99.3 cm³/mol. The average molecular weight is 358 g/mol. The van der Waals surface area contributed by atoms with Gasteiger partial charge in [-0.15, -0.1) is 0 Å². The number of pyridine rings is 1. The fraction of sp³-hybridized carbons (Fsp3) is 0.529. The van der Waals surface area contributed by atoms with E-state index >= 15 is 0 Å². The van der Waals surface area contributed by atoms with Crippen LogP contribution in [0.4, 0.5) is 5.13 Å². The quantitative estimate of drug-likeness (QED) is 0.716. The van der Waals surface area contributed by atoms with E-state index in [0.717, 1.165) is 54.6 Å². The number of aryl methyl sites for hydroxylation is 2.